The maximum atomic E-state index is 11.1. The average Bonchev–Trinajstić information content (AvgIpc) is 2.70. The molecule has 0 aliphatic heterocycles. The standard InChI is InChI=1S/C12H22N2.C11H15NO.C2H6/c1-7-10(4)12(6)14-8-13-11(5)9(2)3;1-4-11(13)12-10-6-5-8(2)7-9(10)3;1-2/h8-10H,5-7H2,1-4H3,(H,13,14);5-7H,4H2,1-3H3,(H,12,13);1-2H3. The monoisotopic (exact) mass is 401 g/mol. The summed E-state index contributed by atoms with van der Waals surface area (Å²) >= 11 is 0. The Balaban J connectivity index is 0. The summed E-state index contributed by atoms with van der Waals surface area (Å²) in [7, 11) is 0. The van der Waals surface area contributed by atoms with Crippen molar-refractivity contribution in [3.05, 3.63) is 53.9 Å². The van der Waals surface area contributed by atoms with Crippen molar-refractivity contribution >= 4 is 17.9 Å². The van der Waals surface area contributed by atoms with E-state index >= 15 is 0 Å². The molecule has 1 aromatic rings. The molecule has 0 radical (unpaired) electrons. The van der Waals surface area contributed by atoms with Gasteiger partial charge in [-0.1, -0.05) is 79.3 Å². The summed E-state index contributed by atoms with van der Waals surface area (Å²) in [6.45, 7) is 26.1. The molecule has 1 unspecified atom stereocenters. The summed E-state index contributed by atoms with van der Waals surface area (Å²) in [5.41, 5.74) is 5.13. The van der Waals surface area contributed by atoms with Crippen LogP contribution in [0.3, 0.4) is 0 Å². The van der Waals surface area contributed by atoms with Crippen LogP contribution in [0.2, 0.25) is 0 Å². The molecular weight excluding hydrogens is 358 g/mol. The Kier molecular flexibility index (Phi) is 16.5. The molecule has 1 aromatic carbocycles. The third kappa shape index (κ3) is 13.4. The van der Waals surface area contributed by atoms with Crippen LogP contribution in [0.5, 0.6) is 0 Å². The van der Waals surface area contributed by atoms with Gasteiger partial charge in [0.2, 0.25) is 5.91 Å². The summed E-state index contributed by atoms with van der Waals surface area (Å²) in [6.07, 6.45) is 3.29. The van der Waals surface area contributed by atoms with Crippen LogP contribution >= 0.6 is 0 Å². The number of rotatable bonds is 8. The molecule has 1 amide bonds. The number of hydrogen-bond donors (Lipinski definition) is 2. The number of nitrogens with one attached hydrogen (secondary N) is 2. The van der Waals surface area contributed by atoms with Crippen molar-refractivity contribution in [1.82, 2.24) is 5.32 Å². The summed E-state index contributed by atoms with van der Waals surface area (Å²) in [6, 6.07) is 6.00. The minimum atomic E-state index is 0.0620. The number of carbonyl (C=O) groups excluding carboxylic acids is 1. The van der Waals surface area contributed by atoms with Gasteiger partial charge in [-0.15, -0.1) is 0 Å². The maximum Gasteiger partial charge on any atom is 0.224 e. The van der Waals surface area contributed by atoms with Crippen molar-refractivity contribution < 1.29 is 4.79 Å². The van der Waals surface area contributed by atoms with Gasteiger partial charge in [0.05, 0.1) is 6.34 Å². The smallest absolute Gasteiger partial charge is 0.224 e. The van der Waals surface area contributed by atoms with E-state index in [9.17, 15) is 4.79 Å². The van der Waals surface area contributed by atoms with Crippen LogP contribution in [-0.2, 0) is 4.79 Å². The van der Waals surface area contributed by atoms with Gasteiger partial charge in [0.15, 0.2) is 0 Å². The van der Waals surface area contributed by atoms with Gasteiger partial charge in [-0.25, -0.2) is 4.99 Å². The number of anilines is 1. The molecule has 0 aromatic heterocycles. The predicted octanol–water partition coefficient (Wildman–Crippen LogP) is 7.01. The van der Waals surface area contributed by atoms with E-state index < -0.39 is 0 Å². The molecule has 0 saturated heterocycles. The largest absolute Gasteiger partial charge is 0.350 e. The van der Waals surface area contributed by atoms with Crippen LogP contribution in [0.15, 0.2) is 47.7 Å². The number of allylic oxidation sites excluding steroid dienone is 2. The van der Waals surface area contributed by atoms with E-state index in [1.54, 1.807) is 6.34 Å². The van der Waals surface area contributed by atoms with E-state index in [0.717, 1.165) is 29.1 Å². The molecule has 4 heteroatoms. The fourth-order valence-corrected chi connectivity index (χ4v) is 1.93. The van der Waals surface area contributed by atoms with E-state index in [1.165, 1.54) is 5.56 Å². The molecule has 0 aliphatic carbocycles. The summed E-state index contributed by atoms with van der Waals surface area (Å²) in [5, 5.41) is 5.92. The lowest BCUT2D eigenvalue weighted by atomic mass is 10.1. The molecule has 0 saturated carbocycles. The Morgan fingerprint density at radius 2 is 1.72 bits per heavy atom. The second-order valence-electron chi connectivity index (χ2n) is 7.10. The lowest BCUT2D eigenvalue weighted by molar-refractivity contribution is -0.115. The lowest BCUT2D eigenvalue weighted by Gasteiger charge is -2.11. The topological polar surface area (TPSA) is 53.5 Å². The number of benzene rings is 1. The van der Waals surface area contributed by atoms with Crippen LogP contribution in [0.25, 0.3) is 0 Å². The van der Waals surface area contributed by atoms with E-state index in [1.807, 2.05) is 46.8 Å². The highest BCUT2D eigenvalue weighted by Gasteiger charge is 2.02. The third-order valence-electron chi connectivity index (χ3n) is 4.33. The first-order valence-corrected chi connectivity index (χ1v) is 10.7. The first-order valence-electron chi connectivity index (χ1n) is 10.7. The molecule has 0 spiro atoms. The normalized spacial score (nSPS) is 11.0. The highest BCUT2D eigenvalue weighted by Crippen LogP contribution is 2.16. The van der Waals surface area contributed by atoms with Gasteiger partial charge in [-0.2, -0.15) is 0 Å². The Morgan fingerprint density at radius 1 is 1.14 bits per heavy atom. The zero-order valence-corrected chi connectivity index (χ0v) is 20.1. The molecule has 4 nitrogen and oxygen atoms in total. The quantitative estimate of drug-likeness (QED) is 0.363. The number of nitrogens with zero attached hydrogens (tertiary/aromatic N) is 1. The first kappa shape index (κ1) is 28.8. The second kappa shape index (κ2) is 16.6. The maximum absolute atomic E-state index is 11.1. The lowest BCUT2D eigenvalue weighted by Crippen LogP contribution is -2.15. The van der Waals surface area contributed by atoms with Gasteiger partial charge in [-0.3, -0.25) is 4.79 Å². The summed E-state index contributed by atoms with van der Waals surface area (Å²) < 4.78 is 0. The third-order valence-corrected chi connectivity index (χ3v) is 4.33. The molecular formula is C25H43N3O. The molecule has 164 valence electrons. The van der Waals surface area contributed by atoms with Gasteiger partial charge in [0, 0.05) is 23.5 Å². The fourth-order valence-electron chi connectivity index (χ4n) is 1.93. The van der Waals surface area contributed by atoms with Crippen molar-refractivity contribution in [3.8, 4) is 0 Å². The van der Waals surface area contributed by atoms with Gasteiger partial charge < -0.3 is 10.6 Å². The Hall–Kier alpha value is -2.36. The Labute approximate surface area is 179 Å². The minimum absolute atomic E-state index is 0.0620. The van der Waals surface area contributed by atoms with E-state index in [2.05, 4.69) is 62.5 Å². The average molecular weight is 402 g/mol. The highest BCUT2D eigenvalue weighted by atomic mass is 16.1. The number of hydrogen-bond acceptors (Lipinski definition) is 2. The summed E-state index contributed by atoms with van der Waals surface area (Å²) in [4.78, 5) is 15.3. The van der Waals surface area contributed by atoms with Gasteiger partial charge in [-0.05, 0) is 43.7 Å². The number of carbonyl (C=O) groups is 1. The van der Waals surface area contributed by atoms with Crippen LogP contribution in [-0.4, -0.2) is 12.2 Å². The fraction of sp³-hybridized carbons (Fsp3) is 0.520. The van der Waals surface area contributed by atoms with Crippen LogP contribution in [0.1, 0.15) is 72.4 Å². The van der Waals surface area contributed by atoms with Crippen molar-refractivity contribution in [1.29, 1.82) is 0 Å². The molecule has 0 fully saturated rings. The zero-order valence-electron chi connectivity index (χ0n) is 20.1. The molecule has 1 atom stereocenters. The molecule has 0 heterocycles. The highest BCUT2D eigenvalue weighted by molar-refractivity contribution is 5.91. The first-order chi connectivity index (χ1) is 13.6. The molecule has 0 aliphatic rings. The zero-order chi connectivity index (χ0) is 23.0. The van der Waals surface area contributed by atoms with Gasteiger partial charge >= 0.3 is 0 Å². The SMILES string of the molecule is C=C(N=CNC(=C)C(C)CC)C(C)C.CC.CCC(=O)Nc1ccc(C)cc1C. The van der Waals surface area contributed by atoms with Crippen molar-refractivity contribution in [2.45, 2.75) is 75.2 Å². The Bertz CT molecular complexity index is 660. The van der Waals surface area contributed by atoms with Crippen molar-refractivity contribution in [3.63, 3.8) is 0 Å². The number of aryl methyl sites for hydroxylation is 2. The molecule has 2 N–H and O–H groups in total. The van der Waals surface area contributed by atoms with Gasteiger partial charge in [0.25, 0.3) is 0 Å². The van der Waals surface area contributed by atoms with Crippen LogP contribution in [0, 0.1) is 25.7 Å². The number of amides is 1. The minimum Gasteiger partial charge on any atom is -0.350 e. The van der Waals surface area contributed by atoms with Crippen LogP contribution in [0.4, 0.5) is 5.69 Å². The predicted molar refractivity (Wildman–Crippen MR) is 130 cm³/mol. The van der Waals surface area contributed by atoms with Crippen molar-refractivity contribution in [2.75, 3.05) is 5.32 Å². The number of aliphatic imine (C=N–C) groups is 1. The van der Waals surface area contributed by atoms with E-state index in [-0.39, 0.29) is 5.91 Å². The van der Waals surface area contributed by atoms with Crippen molar-refractivity contribution in [2.24, 2.45) is 16.8 Å². The molecule has 29 heavy (non-hydrogen) atoms. The molecule has 1 rings (SSSR count). The van der Waals surface area contributed by atoms with Crippen LogP contribution < -0.4 is 10.6 Å². The van der Waals surface area contributed by atoms with Gasteiger partial charge in [0.1, 0.15) is 0 Å². The Morgan fingerprint density at radius 3 is 2.17 bits per heavy atom. The van der Waals surface area contributed by atoms with E-state index in [4.69, 9.17) is 0 Å². The van der Waals surface area contributed by atoms with E-state index in [0.29, 0.717) is 18.3 Å². The molecule has 0 bridgehead atoms. The summed E-state index contributed by atoms with van der Waals surface area (Å²) in [5.74, 6) is 0.936. The second-order valence-corrected chi connectivity index (χ2v) is 7.10.